The van der Waals surface area contributed by atoms with E-state index in [2.05, 4.69) is 5.32 Å². The summed E-state index contributed by atoms with van der Waals surface area (Å²) < 4.78 is 29.2. The Bertz CT molecular complexity index is 1740. The second-order valence-corrected chi connectivity index (χ2v) is 14.6. The molecule has 4 aromatic carbocycles. The fourth-order valence-corrected chi connectivity index (χ4v) is 6.62. The Morgan fingerprint density at radius 1 is 0.800 bits per heavy atom. The predicted molar refractivity (Wildman–Crippen MR) is 181 cm³/mol. The molecule has 1 atom stereocenters. The topological polar surface area (TPSA) is 86.8 Å². The smallest absolute Gasteiger partial charge is 0.264 e. The van der Waals surface area contributed by atoms with Gasteiger partial charge in [-0.05, 0) is 69.2 Å². The molecule has 0 aliphatic carbocycles. The highest BCUT2D eigenvalue weighted by atomic mass is 35.5. The summed E-state index contributed by atoms with van der Waals surface area (Å²) in [4.78, 5) is 29.9. The molecular weight excluding hydrogens is 629 g/mol. The zero-order valence-electron chi connectivity index (χ0n) is 25.7. The zero-order chi connectivity index (χ0) is 32.8. The van der Waals surface area contributed by atoms with E-state index >= 15 is 0 Å². The molecule has 10 heteroatoms. The Hall–Kier alpha value is -3.85. The molecule has 7 nitrogen and oxygen atoms in total. The van der Waals surface area contributed by atoms with Crippen LogP contribution in [-0.4, -0.2) is 43.3 Å². The fourth-order valence-electron chi connectivity index (χ4n) is 4.90. The molecule has 236 valence electrons. The number of sulfonamides is 1. The van der Waals surface area contributed by atoms with Crippen molar-refractivity contribution in [1.82, 2.24) is 10.2 Å². The molecule has 0 saturated carbocycles. The van der Waals surface area contributed by atoms with Gasteiger partial charge in [0, 0.05) is 18.5 Å². The molecule has 0 aliphatic rings. The average Bonchev–Trinajstić information content (AvgIpc) is 2.99. The van der Waals surface area contributed by atoms with Crippen molar-refractivity contribution in [1.29, 1.82) is 0 Å². The Balaban J connectivity index is 1.83. The van der Waals surface area contributed by atoms with E-state index in [0.717, 1.165) is 21.0 Å². The van der Waals surface area contributed by atoms with Crippen LogP contribution in [0.25, 0.3) is 0 Å². The van der Waals surface area contributed by atoms with Crippen LogP contribution in [0, 0.1) is 6.92 Å². The van der Waals surface area contributed by atoms with E-state index in [9.17, 15) is 18.0 Å². The number of amides is 2. The van der Waals surface area contributed by atoms with Crippen LogP contribution in [0.2, 0.25) is 10.0 Å². The number of aryl methyl sites for hydroxylation is 1. The molecule has 2 amide bonds. The number of hydrogen-bond acceptors (Lipinski definition) is 4. The molecule has 4 aromatic rings. The quantitative estimate of drug-likeness (QED) is 0.186. The summed E-state index contributed by atoms with van der Waals surface area (Å²) in [7, 11) is -4.24. The lowest BCUT2D eigenvalue weighted by Crippen LogP contribution is -2.56. The second kappa shape index (κ2) is 14.5. The summed E-state index contributed by atoms with van der Waals surface area (Å²) >= 11 is 12.5. The van der Waals surface area contributed by atoms with Crippen molar-refractivity contribution < 1.29 is 18.0 Å². The maximum atomic E-state index is 14.5. The largest absolute Gasteiger partial charge is 0.350 e. The van der Waals surface area contributed by atoms with Crippen molar-refractivity contribution in [2.75, 3.05) is 10.8 Å². The van der Waals surface area contributed by atoms with Crippen molar-refractivity contribution in [3.05, 3.63) is 130 Å². The van der Waals surface area contributed by atoms with E-state index in [1.54, 1.807) is 18.2 Å². The van der Waals surface area contributed by atoms with Crippen molar-refractivity contribution in [3.63, 3.8) is 0 Å². The SMILES string of the molecule is Cc1cccc(CN(C(=O)CN(c2ccc(Cl)c(Cl)c2)S(=O)(=O)c2ccccc2)C(Cc2ccccc2)C(=O)NC(C)(C)C)c1. The molecule has 0 bridgehead atoms. The number of benzene rings is 4. The molecule has 1 unspecified atom stereocenters. The molecular formula is C35H37Cl2N3O4S. The van der Waals surface area contributed by atoms with Gasteiger partial charge in [0.2, 0.25) is 11.8 Å². The average molecular weight is 667 g/mol. The van der Waals surface area contributed by atoms with E-state index in [1.165, 1.54) is 35.2 Å². The first kappa shape index (κ1) is 34.0. The van der Waals surface area contributed by atoms with Gasteiger partial charge in [-0.3, -0.25) is 13.9 Å². The van der Waals surface area contributed by atoms with E-state index in [1.807, 2.05) is 82.3 Å². The number of halogens is 2. The Morgan fingerprint density at radius 3 is 2.02 bits per heavy atom. The van der Waals surface area contributed by atoms with Gasteiger partial charge in [0.15, 0.2) is 0 Å². The first-order chi connectivity index (χ1) is 21.2. The summed E-state index contributed by atoms with van der Waals surface area (Å²) in [6, 6.07) is 28.4. The van der Waals surface area contributed by atoms with Crippen molar-refractivity contribution >= 4 is 50.7 Å². The number of rotatable bonds is 11. The van der Waals surface area contributed by atoms with E-state index in [-0.39, 0.29) is 39.5 Å². The molecule has 0 aromatic heterocycles. The van der Waals surface area contributed by atoms with Crippen LogP contribution < -0.4 is 9.62 Å². The predicted octanol–water partition coefficient (Wildman–Crippen LogP) is 7.05. The van der Waals surface area contributed by atoms with Gasteiger partial charge in [0.05, 0.1) is 20.6 Å². The summed E-state index contributed by atoms with van der Waals surface area (Å²) in [6.07, 6.45) is 0.221. The zero-order valence-corrected chi connectivity index (χ0v) is 28.0. The van der Waals surface area contributed by atoms with Gasteiger partial charge < -0.3 is 10.2 Å². The van der Waals surface area contributed by atoms with E-state index < -0.39 is 34.1 Å². The minimum Gasteiger partial charge on any atom is -0.350 e. The number of carbonyl (C=O) groups excluding carboxylic acids is 2. The first-order valence-corrected chi connectivity index (χ1v) is 16.7. The standard InChI is InChI=1S/C35H37Cl2N3O4S/c1-25-12-11-15-27(20-25)23-39(32(34(42)38-35(2,3)4)21-26-13-7-5-8-14-26)33(41)24-40(28-18-19-30(36)31(37)22-28)45(43,44)29-16-9-6-10-17-29/h5-20,22,32H,21,23-24H2,1-4H3,(H,38,42). The molecule has 0 fully saturated rings. The Morgan fingerprint density at radius 2 is 1.42 bits per heavy atom. The van der Waals surface area contributed by atoms with Gasteiger partial charge in [-0.1, -0.05) is 102 Å². The van der Waals surface area contributed by atoms with Crippen LogP contribution in [0.15, 0.2) is 108 Å². The third kappa shape index (κ3) is 9.10. The molecule has 45 heavy (non-hydrogen) atoms. The van der Waals surface area contributed by atoms with Crippen molar-refractivity contribution in [2.24, 2.45) is 0 Å². The maximum Gasteiger partial charge on any atom is 0.264 e. The van der Waals surface area contributed by atoms with Gasteiger partial charge in [0.25, 0.3) is 10.0 Å². The fraction of sp³-hybridized carbons (Fsp3) is 0.257. The number of nitrogens with one attached hydrogen (secondary N) is 1. The third-order valence-electron chi connectivity index (χ3n) is 7.01. The summed E-state index contributed by atoms with van der Waals surface area (Å²) in [5, 5.41) is 3.41. The number of hydrogen-bond donors (Lipinski definition) is 1. The summed E-state index contributed by atoms with van der Waals surface area (Å²) in [5.74, 6) is -0.911. The maximum absolute atomic E-state index is 14.5. The molecule has 1 N–H and O–H groups in total. The molecule has 0 spiro atoms. The van der Waals surface area contributed by atoms with Crippen LogP contribution in [0.4, 0.5) is 5.69 Å². The van der Waals surface area contributed by atoms with Gasteiger partial charge in [0.1, 0.15) is 12.6 Å². The normalized spacial score (nSPS) is 12.3. The van der Waals surface area contributed by atoms with Crippen LogP contribution in [0.3, 0.4) is 0 Å². The lowest BCUT2D eigenvalue weighted by atomic mass is 10.0. The third-order valence-corrected chi connectivity index (χ3v) is 9.53. The first-order valence-electron chi connectivity index (χ1n) is 14.5. The molecule has 0 heterocycles. The van der Waals surface area contributed by atoms with Crippen molar-refractivity contribution in [3.8, 4) is 0 Å². The van der Waals surface area contributed by atoms with Crippen LogP contribution in [0.5, 0.6) is 0 Å². The van der Waals surface area contributed by atoms with Crippen molar-refractivity contribution in [2.45, 2.75) is 57.1 Å². The monoisotopic (exact) mass is 665 g/mol. The minimum atomic E-state index is -4.24. The molecule has 0 radical (unpaired) electrons. The summed E-state index contributed by atoms with van der Waals surface area (Å²) in [6.45, 7) is 7.05. The lowest BCUT2D eigenvalue weighted by Gasteiger charge is -2.35. The highest BCUT2D eigenvalue weighted by molar-refractivity contribution is 7.92. The minimum absolute atomic E-state index is 0.000387. The van der Waals surface area contributed by atoms with E-state index in [4.69, 9.17) is 23.2 Å². The highest BCUT2D eigenvalue weighted by Crippen LogP contribution is 2.31. The van der Waals surface area contributed by atoms with Gasteiger partial charge in [-0.15, -0.1) is 0 Å². The number of nitrogens with zero attached hydrogens (tertiary/aromatic N) is 2. The summed E-state index contributed by atoms with van der Waals surface area (Å²) in [5.41, 5.74) is 2.23. The Labute approximate surface area is 275 Å². The Kier molecular flexibility index (Phi) is 11.0. The van der Waals surface area contributed by atoms with Crippen LogP contribution in [-0.2, 0) is 32.6 Å². The molecule has 4 rings (SSSR count). The van der Waals surface area contributed by atoms with Crippen LogP contribution in [0.1, 0.15) is 37.5 Å². The second-order valence-electron chi connectivity index (χ2n) is 11.9. The highest BCUT2D eigenvalue weighted by Gasteiger charge is 2.35. The van der Waals surface area contributed by atoms with Gasteiger partial charge >= 0.3 is 0 Å². The molecule has 0 aliphatic heterocycles. The van der Waals surface area contributed by atoms with Gasteiger partial charge in [-0.2, -0.15) is 0 Å². The van der Waals surface area contributed by atoms with E-state index in [0.29, 0.717) is 0 Å². The molecule has 0 saturated heterocycles. The lowest BCUT2D eigenvalue weighted by molar-refractivity contribution is -0.140. The number of anilines is 1. The number of carbonyl (C=O) groups is 2. The van der Waals surface area contributed by atoms with Gasteiger partial charge in [-0.25, -0.2) is 8.42 Å². The van der Waals surface area contributed by atoms with Crippen LogP contribution >= 0.6 is 23.2 Å².